The number of amides is 1. The highest BCUT2D eigenvalue weighted by Crippen LogP contribution is 2.21. The first-order chi connectivity index (χ1) is 9.47. The summed E-state index contributed by atoms with van der Waals surface area (Å²) in [7, 11) is 0. The summed E-state index contributed by atoms with van der Waals surface area (Å²) in [5, 5.41) is 3.56. The van der Waals surface area contributed by atoms with Gasteiger partial charge in [-0.2, -0.15) is 0 Å². The first-order valence-electron chi connectivity index (χ1n) is 5.99. The molecular weight excluding hydrogens is 452 g/mol. The van der Waals surface area contributed by atoms with Crippen LogP contribution in [-0.2, 0) is 0 Å². The standard InChI is InChI=1S/C15H12BrClINO/c1-9(10-3-2-4-12(16)7-10)19-15(20)11-5-6-14(18)13(17)8-11/h2-9H,1H3,(H,19,20). The second-order valence-corrected chi connectivity index (χ2v) is 6.86. The highest BCUT2D eigenvalue weighted by atomic mass is 127. The Morgan fingerprint density at radius 3 is 2.70 bits per heavy atom. The number of nitrogens with one attached hydrogen (secondary N) is 1. The van der Waals surface area contributed by atoms with Gasteiger partial charge in [-0.05, 0) is 65.4 Å². The van der Waals surface area contributed by atoms with Gasteiger partial charge in [0, 0.05) is 13.6 Å². The molecule has 0 bridgehead atoms. The van der Waals surface area contributed by atoms with Crippen molar-refractivity contribution in [2.45, 2.75) is 13.0 Å². The lowest BCUT2D eigenvalue weighted by molar-refractivity contribution is 0.0940. The summed E-state index contributed by atoms with van der Waals surface area (Å²) in [5.74, 6) is -0.129. The Labute approximate surface area is 145 Å². The zero-order chi connectivity index (χ0) is 14.7. The van der Waals surface area contributed by atoms with E-state index < -0.39 is 0 Å². The molecule has 1 N–H and O–H groups in total. The molecule has 0 fully saturated rings. The van der Waals surface area contributed by atoms with Crippen LogP contribution in [0.4, 0.5) is 0 Å². The summed E-state index contributed by atoms with van der Waals surface area (Å²) in [6, 6.07) is 13.1. The average molecular weight is 465 g/mol. The van der Waals surface area contributed by atoms with Crippen molar-refractivity contribution in [3.63, 3.8) is 0 Å². The van der Waals surface area contributed by atoms with Gasteiger partial charge in [-0.15, -0.1) is 0 Å². The molecule has 0 aromatic heterocycles. The van der Waals surface area contributed by atoms with Crippen molar-refractivity contribution in [1.29, 1.82) is 0 Å². The van der Waals surface area contributed by atoms with Gasteiger partial charge in [0.15, 0.2) is 0 Å². The van der Waals surface area contributed by atoms with Gasteiger partial charge in [0.05, 0.1) is 11.1 Å². The number of rotatable bonds is 3. The van der Waals surface area contributed by atoms with Crippen LogP contribution in [0.15, 0.2) is 46.9 Å². The van der Waals surface area contributed by atoms with Crippen LogP contribution in [0, 0.1) is 3.57 Å². The van der Waals surface area contributed by atoms with E-state index in [0.29, 0.717) is 10.6 Å². The van der Waals surface area contributed by atoms with Crippen molar-refractivity contribution in [1.82, 2.24) is 5.32 Å². The molecule has 1 amide bonds. The predicted molar refractivity (Wildman–Crippen MR) is 94.2 cm³/mol. The molecule has 20 heavy (non-hydrogen) atoms. The van der Waals surface area contributed by atoms with Gasteiger partial charge in [0.2, 0.25) is 0 Å². The smallest absolute Gasteiger partial charge is 0.251 e. The molecule has 1 atom stereocenters. The number of halogens is 3. The Kier molecular flexibility index (Phi) is 5.46. The fraction of sp³-hybridized carbons (Fsp3) is 0.133. The third kappa shape index (κ3) is 3.96. The van der Waals surface area contributed by atoms with Crippen molar-refractivity contribution in [3.05, 3.63) is 66.7 Å². The summed E-state index contributed by atoms with van der Waals surface area (Å²) in [5.41, 5.74) is 1.61. The van der Waals surface area contributed by atoms with Gasteiger partial charge in [-0.1, -0.05) is 39.7 Å². The largest absolute Gasteiger partial charge is 0.346 e. The Balaban J connectivity index is 2.13. The van der Waals surface area contributed by atoms with E-state index in [9.17, 15) is 4.79 Å². The first kappa shape index (κ1) is 15.8. The zero-order valence-electron chi connectivity index (χ0n) is 10.7. The SMILES string of the molecule is CC(NC(=O)c1ccc(I)c(Cl)c1)c1cccc(Br)c1. The molecule has 0 aliphatic carbocycles. The third-order valence-corrected chi connectivity index (χ3v) is 4.94. The normalized spacial score (nSPS) is 12.0. The molecule has 0 saturated heterocycles. The number of hydrogen-bond acceptors (Lipinski definition) is 1. The summed E-state index contributed by atoms with van der Waals surface area (Å²) >= 11 is 11.6. The molecule has 2 nitrogen and oxygen atoms in total. The highest BCUT2D eigenvalue weighted by molar-refractivity contribution is 14.1. The fourth-order valence-electron chi connectivity index (χ4n) is 1.78. The van der Waals surface area contributed by atoms with E-state index in [2.05, 4.69) is 43.8 Å². The molecule has 2 aromatic carbocycles. The second-order valence-electron chi connectivity index (χ2n) is 4.38. The summed E-state index contributed by atoms with van der Waals surface area (Å²) in [4.78, 5) is 12.2. The maximum Gasteiger partial charge on any atom is 0.251 e. The van der Waals surface area contributed by atoms with Gasteiger partial charge < -0.3 is 5.32 Å². The fourth-order valence-corrected chi connectivity index (χ4v) is 2.71. The van der Waals surface area contributed by atoms with E-state index in [1.54, 1.807) is 12.1 Å². The van der Waals surface area contributed by atoms with Crippen LogP contribution < -0.4 is 5.32 Å². The molecule has 0 heterocycles. The predicted octanol–water partition coefficient (Wildman–Crippen LogP) is 5.20. The Bertz CT molecular complexity index is 648. The summed E-state index contributed by atoms with van der Waals surface area (Å²) in [6.45, 7) is 1.95. The maximum atomic E-state index is 12.2. The van der Waals surface area contributed by atoms with Crippen molar-refractivity contribution in [2.24, 2.45) is 0 Å². The zero-order valence-corrected chi connectivity index (χ0v) is 15.2. The Morgan fingerprint density at radius 1 is 1.30 bits per heavy atom. The average Bonchev–Trinajstić information content (AvgIpc) is 2.41. The number of carbonyl (C=O) groups is 1. The van der Waals surface area contributed by atoms with E-state index >= 15 is 0 Å². The van der Waals surface area contributed by atoms with Gasteiger partial charge in [-0.3, -0.25) is 4.79 Å². The molecule has 0 aliphatic heterocycles. The van der Waals surface area contributed by atoms with E-state index in [-0.39, 0.29) is 11.9 Å². The van der Waals surface area contributed by atoms with Crippen LogP contribution >= 0.6 is 50.1 Å². The van der Waals surface area contributed by atoms with Crippen molar-refractivity contribution >= 4 is 56.0 Å². The molecule has 0 spiro atoms. The third-order valence-electron chi connectivity index (χ3n) is 2.88. The molecule has 0 saturated carbocycles. The molecule has 0 aliphatic rings. The minimum Gasteiger partial charge on any atom is -0.346 e. The van der Waals surface area contributed by atoms with Gasteiger partial charge in [0.1, 0.15) is 0 Å². The van der Waals surface area contributed by atoms with Crippen LogP contribution in [0.1, 0.15) is 28.9 Å². The van der Waals surface area contributed by atoms with Gasteiger partial charge in [-0.25, -0.2) is 0 Å². The number of carbonyl (C=O) groups excluding carboxylic acids is 1. The molecule has 2 rings (SSSR count). The van der Waals surface area contributed by atoms with Crippen molar-refractivity contribution in [3.8, 4) is 0 Å². The summed E-state index contributed by atoms with van der Waals surface area (Å²) < 4.78 is 1.93. The molecule has 5 heteroatoms. The van der Waals surface area contributed by atoms with E-state index in [1.165, 1.54) is 0 Å². The lowest BCUT2D eigenvalue weighted by atomic mass is 10.1. The molecule has 0 radical (unpaired) electrons. The van der Waals surface area contributed by atoms with Crippen molar-refractivity contribution < 1.29 is 4.79 Å². The lowest BCUT2D eigenvalue weighted by Crippen LogP contribution is -2.26. The number of hydrogen-bond donors (Lipinski definition) is 1. The number of benzene rings is 2. The maximum absolute atomic E-state index is 12.2. The highest BCUT2D eigenvalue weighted by Gasteiger charge is 2.12. The second kappa shape index (κ2) is 6.91. The van der Waals surface area contributed by atoms with Crippen LogP contribution in [0.3, 0.4) is 0 Å². The quantitative estimate of drug-likeness (QED) is 0.622. The molecular formula is C15H12BrClINO. The molecule has 1 unspecified atom stereocenters. The van der Waals surface area contributed by atoms with E-state index in [4.69, 9.17) is 11.6 Å². The minimum absolute atomic E-state index is 0.0712. The summed E-state index contributed by atoms with van der Waals surface area (Å²) in [6.07, 6.45) is 0. The Morgan fingerprint density at radius 2 is 2.05 bits per heavy atom. The van der Waals surface area contributed by atoms with Crippen LogP contribution in [0.5, 0.6) is 0 Å². The van der Waals surface area contributed by atoms with E-state index in [1.807, 2.05) is 37.3 Å². The van der Waals surface area contributed by atoms with Crippen LogP contribution in [0.25, 0.3) is 0 Å². The minimum atomic E-state index is -0.129. The Hall–Kier alpha value is -0.590. The van der Waals surface area contributed by atoms with Crippen LogP contribution in [0.2, 0.25) is 5.02 Å². The monoisotopic (exact) mass is 463 g/mol. The van der Waals surface area contributed by atoms with E-state index in [0.717, 1.165) is 13.6 Å². The van der Waals surface area contributed by atoms with Crippen molar-refractivity contribution in [2.75, 3.05) is 0 Å². The van der Waals surface area contributed by atoms with Crippen LogP contribution in [-0.4, -0.2) is 5.91 Å². The lowest BCUT2D eigenvalue weighted by Gasteiger charge is -2.15. The van der Waals surface area contributed by atoms with Gasteiger partial charge >= 0.3 is 0 Å². The molecule has 104 valence electrons. The first-order valence-corrected chi connectivity index (χ1v) is 8.23. The van der Waals surface area contributed by atoms with Gasteiger partial charge in [0.25, 0.3) is 5.91 Å². The molecule has 2 aromatic rings. The topological polar surface area (TPSA) is 29.1 Å².